The first-order chi connectivity index (χ1) is 15.8. The lowest BCUT2D eigenvalue weighted by atomic mass is 10.1. The quantitative estimate of drug-likeness (QED) is 0.476. The second-order valence-corrected chi connectivity index (χ2v) is 8.12. The van der Waals surface area contributed by atoms with Crippen LogP contribution in [0.1, 0.15) is 17.5 Å². The molecule has 0 radical (unpaired) electrons. The van der Waals surface area contributed by atoms with Crippen molar-refractivity contribution in [1.82, 2.24) is 24.3 Å². The number of nitrogens with zero attached hydrogens (tertiary/aromatic N) is 6. The Labute approximate surface area is 188 Å². The van der Waals surface area contributed by atoms with Crippen molar-refractivity contribution in [3.63, 3.8) is 0 Å². The second kappa shape index (κ2) is 8.04. The maximum atomic E-state index is 14.8. The molecule has 1 aliphatic rings. The van der Waals surface area contributed by atoms with Gasteiger partial charge < -0.3 is 9.64 Å². The predicted octanol–water partition coefficient (Wildman–Crippen LogP) is 2.89. The van der Waals surface area contributed by atoms with Crippen molar-refractivity contribution < 1.29 is 13.5 Å². The number of halogens is 2. The van der Waals surface area contributed by atoms with Crippen molar-refractivity contribution in [1.29, 1.82) is 0 Å². The van der Waals surface area contributed by atoms with Gasteiger partial charge in [-0.3, -0.25) is 14.0 Å². The number of fused-ring (bicyclic) bond motifs is 1. The molecular weight excluding hydrogens is 430 g/mol. The lowest BCUT2D eigenvalue weighted by Crippen LogP contribution is -2.39. The van der Waals surface area contributed by atoms with E-state index in [1.54, 1.807) is 30.9 Å². The van der Waals surface area contributed by atoms with Crippen molar-refractivity contribution in [2.45, 2.75) is 13.0 Å². The molecule has 5 rings (SSSR count). The molecule has 0 unspecified atom stereocenters. The molecule has 4 heterocycles. The summed E-state index contributed by atoms with van der Waals surface area (Å²) in [5.74, 6) is -0.268. The van der Waals surface area contributed by atoms with E-state index in [-0.39, 0.29) is 28.3 Å². The average molecular weight is 452 g/mol. The van der Waals surface area contributed by atoms with Crippen LogP contribution in [0.5, 0.6) is 0 Å². The largest absolute Gasteiger partial charge is 0.370 e. The first-order valence-corrected chi connectivity index (χ1v) is 10.5. The van der Waals surface area contributed by atoms with Gasteiger partial charge in [-0.25, -0.2) is 18.7 Å². The summed E-state index contributed by atoms with van der Waals surface area (Å²) < 4.78 is 37.8. The molecule has 4 aromatic rings. The third-order valence-electron chi connectivity index (χ3n) is 5.94. The van der Waals surface area contributed by atoms with E-state index in [4.69, 9.17) is 4.74 Å². The van der Waals surface area contributed by atoms with Gasteiger partial charge in [-0.2, -0.15) is 5.10 Å². The van der Waals surface area contributed by atoms with Gasteiger partial charge in [0.2, 0.25) is 0 Å². The van der Waals surface area contributed by atoms with Gasteiger partial charge in [0.05, 0.1) is 29.4 Å². The van der Waals surface area contributed by atoms with E-state index in [9.17, 15) is 13.6 Å². The van der Waals surface area contributed by atoms with Gasteiger partial charge in [-0.1, -0.05) is 0 Å². The van der Waals surface area contributed by atoms with Gasteiger partial charge in [0.25, 0.3) is 5.56 Å². The molecule has 1 aliphatic heterocycles. The number of aromatic nitrogens is 5. The van der Waals surface area contributed by atoms with Gasteiger partial charge in [-0.15, -0.1) is 0 Å². The van der Waals surface area contributed by atoms with Crippen LogP contribution in [0.2, 0.25) is 0 Å². The van der Waals surface area contributed by atoms with E-state index in [0.29, 0.717) is 36.9 Å². The summed E-state index contributed by atoms with van der Waals surface area (Å²) in [7, 11) is 3.42. The molecule has 170 valence electrons. The van der Waals surface area contributed by atoms with E-state index >= 15 is 0 Å². The molecule has 1 fully saturated rings. The fourth-order valence-electron chi connectivity index (χ4n) is 4.08. The van der Waals surface area contributed by atoms with Crippen LogP contribution in [0.4, 0.5) is 14.6 Å². The Hall–Kier alpha value is -3.66. The van der Waals surface area contributed by atoms with Crippen molar-refractivity contribution in [3.05, 3.63) is 70.0 Å². The molecule has 0 amide bonds. The van der Waals surface area contributed by atoms with E-state index < -0.39 is 11.6 Å². The van der Waals surface area contributed by atoms with Crippen LogP contribution in [0.25, 0.3) is 22.2 Å². The van der Waals surface area contributed by atoms with Crippen LogP contribution in [-0.4, -0.2) is 44.0 Å². The van der Waals surface area contributed by atoms with Crippen LogP contribution in [0, 0.1) is 18.6 Å². The summed E-state index contributed by atoms with van der Waals surface area (Å²) in [6.07, 6.45) is 3.42. The Kier molecular flexibility index (Phi) is 5.16. The number of aryl methyl sites for hydroxylation is 2. The fourth-order valence-corrected chi connectivity index (χ4v) is 4.08. The van der Waals surface area contributed by atoms with Gasteiger partial charge in [0.1, 0.15) is 29.4 Å². The number of benzene rings is 1. The lowest BCUT2D eigenvalue weighted by Gasteiger charge is -2.33. The number of ether oxygens (including phenoxy) is 1. The Morgan fingerprint density at radius 3 is 2.73 bits per heavy atom. The Morgan fingerprint density at radius 1 is 1.15 bits per heavy atom. The van der Waals surface area contributed by atoms with Crippen LogP contribution in [-0.2, 0) is 18.8 Å². The van der Waals surface area contributed by atoms with Crippen molar-refractivity contribution in [2.75, 3.05) is 24.6 Å². The number of hydrogen-bond acceptors (Lipinski definition) is 6. The third kappa shape index (κ3) is 3.76. The molecule has 1 atom stereocenters. The molecule has 1 aromatic carbocycles. The number of hydrogen-bond donors (Lipinski definition) is 0. The Bertz CT molecular complexity index is 1430. The summed E-state index contributed by atoms with van der Waals surface area (Å²) in [6.45, 7) is 3.20. The number of pyridine rings is 1. The average Bonchev–Trinajstić information content (AvgIpc) is 3.25. The SMILES string of the molecule is Cc1nc2cc(N3CCO[C@H](c4cnn(C)c4)C3)nc(-c3cc(F)ccc3F)c2c(=O)n1C. The summed E-state index contributed by atoms with van der Waals surface area (Å²) in [4.78, 5) is 24.3. The topological polar surface area (TPSA) is 78.1 Å². The monoisotopic (exact) mass is 452 g/mol. The van der Waals surface area contributed by atoms with Crippen molar-refractivity contribution >= 4 is 16.7 Å². The summed E-state index contributed by atoms with van der Waals surface area (Å²) in [5, 5.41) is 4.35. The van der Waals surface area contributed by atoms with Gasteiger partial charge in [0.15, 0.2) is 0 Å². The zero-order chi connectivity index (χ0) is 23.3. The van der Waals surface area contributed by atoms with E-state index in [1.807, 2.05) is 18.1 Å². The molecule has 33 heavy (non-hydrogen) atoms. The summed E-state index contributed by atoms with van der Waals surface area (Å²) >= 11 is 0. The molecule has 8 nitrogen and oxygen atoms in total. The molecule has 0 bridgehead atoms. The molecule has 1 saturated heterocycles. The smallest absolute Gasteiger partial charge is 0.263 e. The first kappa shape index (κ1) is 21.2. The van der Waals surface area contributed by atoms with Gasteiger partial charge >= 0.3 is 0 Å². The first-order valence-electron chi connectivity index (χ1n) is 10.5. The highest BCUT2D eigenvalue weighted by Crippen LogP contribution is 2.32. The maximum Gasteiger partial charge on any atom is 0.263 e. The minimum absolute atomic E-state index is 0.0667. The highest BCUT2D eigenvalue weighted by Gasteiger charge is 2.26. The van der Waals surface area contributed by atoms with Gasteiger partial charge in [0, 0.05) is 50.6 Å². The zero-order valence-electron chi connectivity index (χ0n) is 18.4. The molecule has 3 aromatic heterocycles. The molecular formula is C23H22F2N6O2. The van der Waals surface area contributed by atoms with E-state index in [1.165, 1.54) is 4.57 Å². The maximum absolute atomic E-state index is 14.8. The highest BCUT2D eigenvalue weighted by molar-refractivity contribution is 5.93. The number of rotatable bonds is 3. The predicted molar refractivity (Wildman–Crippen MR) is 119 cm³/mol. The molecule has 0 saturated carbocycles. The van der Waals surface area contributed by atoms with Crippen molar-refractivity contribution in [2.24, 2.45) is 14.1 Å². The summed E-state index contributed by atoms with van der Waals surface area (Å²) in [6, 6.07) is 4.84. The normalized spacial score (nSPS) is 16.5. The number of anilines is 1. The van der Waals surface area contributed by atoms with Crippen LogP contribution in [0.15, 0.2) is 41.5 Å². The highest BCUT2D eigenvalue weighted by atomic mass is 19.1. The van der Waals surface area contributed by atoms with Crippen molar-refractivity contribution in [3.8, 4) is 11.3 Å². The minimum Gasteiger partial charge on any atom is -0.370 e. The molecule has 10 heteroatoms. The minimum atomic E-state index is -0.666. The zero-order valence-corrected chi connectivity index (χ0v) is 18.4. The van der Waals surface area contributed by atoms with Crippen LogP contribution in [0.3, 0.4) is 0 Å². The van der Waals surface area contributed by atoms with E-state index in [0.717, 1.165) is 23.8 Å². The fraction of sp³-hybridized carbons (Fsp3) is 0.304. The van der Waals surface area contributed by atoms with Crippen LogP contribution < -0.4 is 10.5 Å². The summed E-state index contributed by atoms with van der Waals surface area (Å²) in [5.41, 5.74) is 0.926. The van der Waals surface area contributed by atoms with Crippen LogP contribution >= 0.6 is 0 Å². The standard InChI is InChI=1S/C23H22F2N6O2/c1-13-27-18-9-20(31-6-7-33-19(12-31)14-10-26-29(2)11-14)28-22(21(18)23(32)30(13)3)16-8-15(24)4-5-17(16)25/h4-5,8-11,19H,6-7,12H2,1-3H3/t19-/m0/s1. The van der Waals surface area contributed by atoms with Gasteiger partial charge in [-0.05, 0) is 25.1 Å². The molecule has 0 spiro atoms. The lowest BCUT2D eigenvalue weighted by molar-refractivity contribution is 0.0395. The molecule has 0 aliphatic carbocycles. The number of morpholine rings is 1. The Morgan fingerprint density at radius 2 is 1.97 bits per heavy atom. The van der Waals surface area contributed by atoms with E-state index in [2.05, 4.69) is 15.1 Å². The second-order valence-electron chi connectivity index (χ2n) is 8.12. The molecule has 0 N–H and O–H groups in total. The third-order valence-corrected chi connectivity index (χ3v) is 5.94. The Balaban J connectivity index is 1.68.